The zero-order valence-electron chi connectivity index (χ0n) is 21.0. The van der Waals surface area contributed by atoms with Gasteiger partial charge in [-0.15, -0.1) is 0 Å². The van der Waals surface area contributed by atoms with Crippen LogP contribution in [0.4, 0.5) is 29.1 Å². The summed E-state index contributed by atoms with van der Waals surface area (Å²) >= 11 is 1.45. The molecule has 1 aliphatic carbocycles. The maximum absolute atomic E-state index is 12.1. The molecule has 1 saturated carbocycles. The number of H-pyrrole nitrogens is 1. The number of piperazine rings is 1. The van der Waals surface area contributed by atoms with Crippen LogP contribution < -0.4 is 20.4 Å². The second-order valence-electron chi connectivity index (χ2n) is 9.37. The van der Waals surface area contributed by atoms with E-state index in [9.17, 15) is 4.79 Å². The van der Waals surface area contributed by atoms with Crippen molar-refractivity contribution in [3.8, 4) is 0 Å². The van der Waals surface area contributed by atoms with Gasteiger partial charge in [-0.3, -0.25) is 14.9 Å². The van der Waals surface area contributed by atoms with Crippen LogP contribution in [0.15, 0.2) is 64.9 Å². The van der Waals surface area contributed by atoms with Gasteiger partial charge in [0.2, 0.25) is 17.8 Å². The SMILES string of the molecule is Cc1cc(Nc2nc(Sc3ccc(NC(=O)C4CC4)cc3)nc(N3CCN(c4ccncc4)CC3)n2)n[nH]1. The molecule has 1 aromatic carbocycles. The average molecular weight is 529 g/mol. The fraction of sp³-hybridized carbons (Fsp3) is 0.308. The maximum Gasteiger partial charge on any atom is 0.234 e. The number of nitrogens with one attached hydrogen (secondary N) is 3. The number of hydrogen-bond donors (Lipinski definition) is 3. The van der Waals surface area contributed by atoms with Crippen molar-refractivity contribution in [1.82, 2.24) is 30.1 Å². The van der Waals surface area contributed by atoms with E-state index in [1.807, 2.05) is 61.8 Å². The predicted octanol–water partition coefficient (Wildman–Crippen LogP) is 3.87. The second kappa shape index (κ2) is 10.7. The number of rotatable bonds is 8. The van der Waals surface area contributed by atoms with Crippen molar-refractivity contribution >= 4 is 46.8 Å². The fourth-order valence-electron chi connectivity index (χ4n) is 4.21. The lowest BCUT2D eigenvalue weighted by molar-refractivity contribution is -0.117. The highest BCUT2D eigenvalue weighted by Crippen LogP contribution is 2.32. The molecule has 0 unspecified atom stereocenters. The summed E-state index contributed by atoms with van der Waals surface area (Å²) in [6.45, 7) is 5.22. The highest BCUT2D eigenvalue weighted by molar-refractivity contribution is 7.99. The highest BCUT2D eigenvalue weighted by Gasteiger charge is 2.29. The quantitative estimate of drug-likeness (QED) is 0.310. The summed E-state index contributed by atoms with van der Waals surface area (Å²) in [5.74, 6) is 1.98. The number of nitrogens with zero attached hydrogens (tertiary/aromatic N) is 7. The number of anilines is 5. The summed E-state index contributed by atoms with van der Waals surface area (Å²) in [5, 5.41) is 13.9. The zero-order valence-corrected chi connectivity index (χ0v) is 21.8. The highest BCUT2D eigenvalue weighted by atomic mass is 32.2. The molecule has 38 heavy (non-hydrogen) atoms. The van der Waals surface area contributed by atoms with Gasteiger partial charge in [-0.25, -0.2) is 0 Å². The van der Waals surface area contributed by atoms with E-state index in [0.29, 0.717) is 22.9 Å². The Morgan fingerprint density at radius 1 is 0.974 bits per heavy atom. The minimum atomic E-state index is 0.0980. The first-order valence-corrected chi connectivity index (χ1v) is 13.4. The van der Waals surface area contributed by atoms with Gasteiger partial charge >= 0.3 is 0 Å². The smallest absolute Gasteiger partial charge is 0.234 e. The Hall–Kier alpha value is -4.19. The van der Waals surface area contributed by atoms with Gasteiger partial charge < -0.3 is 20.4 Å². The van der Waals surface area contributed by atoms with Gasteiger partial charge in [-0.1, -0.05) is 0 Å². The van der Waals surface area contributed by atoms with Gasteiger partial charge in [-0.05, 0) is 67.9 Å². The standard InChI is InChI=1S/C26H28N10OS/c1-17-16-22(34-33-17)29-24-30-25(36-14-12-35(13-15-36)20-8-10-27-11-9-20)32-26(31-24)38-21-6-4-19(5-7-21)28-23(37)18-2-3-18/h4-11,16,18H,2-3,12-15H2,1H3,(H,28,37)(H2,29,30,31,32,33,34). The Morgan fingerprint density at radius 3 is 2.39 bits per heavy atom. The van der Waals surface area contributed by atoms with Crippen molar-refractivity contribution in [2.45, 2.75) is 29.8 Å². The monoisotopic (exact) mass is 528 g/mol. The molecule has 12 heteroatoms. The lowest BCUT2D eigenvalue weighted by atomic mass is 10.3. The Labute approximate surface area is 224 Å². The number of aromatic nitrogens is 6. The number of carbonyl (C=O) groups excluding carboxylic acids is 1. The Morgan fingerprint density at radius 2 is 1.71 bits per heavy atom. The van der Waals surface area contributed by atoms with Crippen LogP contribution in [0.5, 0.6) is 0 Å². The lowest BCUT2D eigenvalue weighted by Gasteiger charge is -2.36. The molecule has 0 radical (unpaired) electrons. The Bertz CT molecular complexity index is 1400. The first kappa shape index (κ1) is 24.2. The van der Waals surface area contributed by atoms with Gasteiger partial charge in [0, 0.05) is 72.5 Å². The topological polar surface area (TPSA) is 128 Å². The minimum Gasteiger partial charge on any atom is -0.368 e. The molecule has 1 aliphatic heterocycles. The first-order valence-electron chi connectivity index (χ1n) is 12.6. The molecule has 1 saturated heterocycles. The molecular formula is C26H28N10OS. The van der Waals surface area contributed by atoms with Crippen molar-refractivity contribution in [1.29, 1.82) is 0 Å². The number of benzene rings is 1. The van der Waals surface area contributed by atoms with Crippen molar-refractivity contribution < 1.29 is 4.79 Å². The molecule has 4 aromatic rings. The largest absolute Gasteiger partial charge is 0.368 e. The zero-order chi connectivity index (χ0) is 25.9. The van der Waals surface area contributed by atoms with E-state index in [1.54, 1.807) is 0 Å². The van der Waals surface area contributed by atoms with Crippen LogP contribution in [-0.4, -0.2) is 62.2 Å². The molecule has 0 bridgehead atoms. The minimum absolute atomic E-state index is 0.0980. The average Bonchev–Trinajstić information content (AvgIpc) is 3.72. The number of amides is 1. The number of hydrogen-bond acceptors (Lipinski definition) is 10. The summed E-state index contributed by atoms with van der Waals surface area (Å²) in [7, 11) is 0. The van der Waals surface area contributed by atoms with Crippen molar-refractivity contribution in [3.05, 3.63) is 60.6 Å². The molecule has 0 spiro atoms. The molecule has 0 atom stereocenters. The van der Waals surface area contributed by atoms with Crippen LogP contribution in [0.2, 0.25) is 0 Å². The summed E-state index contributed by atoms with van der Waals surface area (Å²) in [6.07, 6.45) is 5.60. The van der Waals surface area contributed by atoms with Crippen LogP contribution in [0.3, 0.4) is 0 Å². The van der Waals surface area contributed by atoms with E-state index in [-0.39, 0.29) is 11.8 Å². The molecule has 11 nitrogen and oxygen atoms in total. The Balaban J connectivity index is 1.19. The molecule has 2 aliphatic rings. The van der Waals surface area contributed by atoms with Crippen LogP contribution in [0.25, 0.3) is 0 Å². The molecule has 194 valence electrons. The number of carbonyl (C=O) groups is 1. The van der Waals surface area contributed by atoms with Gasteiger partial charge in [0.05, 0.1) is 0 Å². The van der Waals surface area contributed by atoms with Crippen LogP contribution in [-0.2, 0) is 4.79 Å². The van der Waals surface area contributed by atoms with Gasteiger partial charge in [-0.2, -0.15) is 20.1 Å². The summed E-state index contributed by atoms with van der Waals surface area (Å²) in [6, 6.07) is 13.7. The maximum atomic E-state index is 12.1. The summed E-state index contributed by atoms with van der Waals surface area (Å²) in [5.41, 5.74) is 2.91. The third-order valence-electron chi connectivity index (χ3n) is 6.42. The van der Waals surface area contributed by atoms with Gasteiger partial charge in [0.15, 0.2) is 11.0 Å². The Kier molecular flexibility index (Phi) is 6.78. The van der Waals surface area contributed by atoms with E-state index < -0.39 is 0 Å². The molecule has 1 amide bonds. The number of aryl methyl sites for hydroxylation is 1. The van der Waals surface area contributed by atoms with Crippen molar-refractivity contribution in [2.75, 3.05) is 46.6 Å². The van der Waals surface area contributed by atoms with Gasteiger partial charge in [0.25, 0.3) is 0 Å². The molecule has 4 heterocycles. The van der Waals surface area contributed by atoms with E-state index in [4.69, 9.17) is 9.97 Å². The number of pyridine rings is 1. The molecule has 3 aromatic heterocycles. The van der Waals surface area contributed by atoms with Crippen molar-refractivity contribution in [2.24, 2.45) is 5.92 Å². The summed E-state index contributed by atoms with van der Waals surface area (Å²) in [4.78, 5) is 35.8. The van der Waals surface area contributed by atoms with Gasteiger partial charge in [0.1, 0.15) is 0 Å². The van der Waals surface area contributed by atoms with E-state index in [1.165, 1.54) is 17.4 Å². The molecule has 2 fully saturated rings. The van der Waals surface area contributed by atoms with Crippen LogP contribution in [0.1, 0.15) is 18.5 Å². The lowest BCUT2D eigenvalue weighted by Crippen LogP contribution is -2.47. The van der Waals surface area contributed by atoms with Crippen molar-refractivity contribution in [3.63, 3.8) is 0 Å². The fourth-order valence-corrected chi connectivity index (χ4v) is 4.95. The molecular weight excluding hydrogens is 500 g/mol. The summed E-state index contributed by atoms with van der Waals surface area (Å²) < 4.78 is 0. The van der Waals surface area contributed by atoms with Crippen LogP contribution in [0, 0.1) is 12.8 Å². The molecule has 3 N–H and O–H groups in total. The molecule has 6 rings (SSSR count). The van der Waals surface area contributed by atoms with E-state index >= 15 is 0 Å². The predicted molar refractivity (Wildman–Crippen MR) is 147 cm³/mol. The van der Waals surface area contributed by atoms with Crippen LogP contribution >= 0.6 is 11.8 Å². The first-order chi connectivity index (χ1) is 18.6. The normalized spacial score (nSPS) is 15.4. The number of aromatic amines is 1. The van der Waals surface area contributed by atoms with E-state index in [0.717, 1.165) is 55.3 Å². The third-order valence-corrected chi connectivity index (χ3v) is 7.29. The third kappa shape index (κ3) is 5.86. The second-order valence-corrected chi connectivity index (χ2v) is 10.4. The van der Waals surface area contributed by atoms with E-state index in [2.05, 4.69) is 40.6 Å².